The average Bonchev–Trinajstić information content (AvgIpc) is 2.46. The van der Waals surface area contributed by atoms with Crippen molar-refractivity contribution in [2.24, 2.45) is 5.92 Å². The van der Waals surface area contributed by atoms with E-state index in [9.17, 15) is 0 Å². The number of hydrogen-bond acceptors (Lipinski definition) is 2. The largest absolute Gasteiger partial charge is 0.497 e. The molecule has 0 amide bonds. The molecule has 0 aromatic heterocycles. The van der Waals surface area contributed by atoms with Gasteiger partial charge in [-0.15, -0.1) is 0 Å². The third-order valence-electron chi connectivity index (χ3n) is 5.85. The first-order valence-corrected chi connectivity index (χ1v) is 7.74. The Bertz CT molecular complexity index is 494. The van der Waals surface area contributed by atoms with Crippen LogP contribution in [0.3, 0.4) is 0 Å². The van der Waals surface area contributed by atoms with Crippen LogP contribution in [0.4, 0.5) is 0 Å². The molecule has 1 aromatic rings. The molecule has 3 atom stereocenters. The number of hydrogen-bond donors (Lipinski definition) is 1. The lowest BCUT2D eigenvalue weighted by atomic mass is 9.53. The Hall–Kier alpha value is -1.02. The molecule has 1 saturated carbocycles. The maximum absolute atomic E-state index is 5.42. The summed E-state index contributed by atoms with van der Waals surface area (Å²) in [5.74, 6) is 1.89. The number of methoxy groups -OCH3 is 1. The van der Waals surface area contributed by atoms with Gasteiger partial charge >= 0.3 is 0 Å². The zero-order valence-electron chi connectivity index (χ0n) is 11.7. The molecule has 2 fully saturated rings. The highest BCUT2D eigenvalue weighted by molar-refractivity contribution is 5.45. The molecule has 2 bridgehead atoms. The monoisotopic (exact) mass is 257 g/mol. The third kappa shape index (κ3) is 1.59. The van der Waals surface area contributed by atoms with Crippen molar-refractivity contribution in [3.05, 3.63) is 29.3 Å². The van der Waals surface area contributed by atoms with Crippen LogP contribution in [-0.2, 0) is 11.8 Å². The molecule has 2 aliphatic carbocycles. The van der Waals surface area contributed by atoms with E-state index in [1.807, 2.05) is 0 Å². The van der Waals surface area contributed by atoms with Crippen molar-refractivity contribution in [3.8, 4) is 5.75 Å². The van der Waals surface area contributed by atoms with Crippen LogP contribution >= 0.6 is 0 Å². The Kier molecular flexibility index (Phi) is 2.63. The van der Waals surface area contributed by atoms with Gasteiger partial charge in [0.1, 0.15) is 5.75 Å². The minimum Gasteiger partial charge on any atom is -0.497 e. The summed E-state index contributed by atoms with van der Waals surface area (Å²) in [5, 5.41) is 3.78. The average molecular weight is 257 g/mol. The van der Waals surface area contributed by atoms with E-state index in [-0.39, 0.29) is 0 Å². The van der Waals surface area contributed by atoms with Crippen LogP contribution in [0.25, 0.3) is 0 Å². The quantitative estimate of drug-likeness (QED) is 0.835. The summed E-state index contributed by atoms with van der Waals surface area (Å²) >= 11 is 0. The van der Waals surface area contributed by atoms with Crippen molar-refractivity contribution in [3.63, 3.8) is 0 Å². The van der Waals surface area contributed by atoms with E-state index in [2.05, 4.69) is 23.5 Å². The molecule has 1 heterocycles. The lowest BCUT2D eigenvalue weighted by Crippen LogP contribution is -2.59. The predicted octanol–water partition coefficient (Wildman–Crippen LogP) is 3.04. The van der Waals surface area contributed by atoms with Gasteiger partial charge in [-0.25, -0.2) is 0 Å². The van der Waals surface area contributed by atoms with Crippen LogP contribution in [-0.4, -0.2) is 19.7 Å². The second-order valence-corrected chi connectivity index (χ2v) is 6.55. The fraction of sp³-hybridized carbons (Fsp3) is 0.647. The van der Waals surface area contributed by atoms with Crippen molar-refractivity contribution >= 4 is 0 Å². The van der Waals surface area contributed by atoms with Gasteiger partial charge in [-0.05, 0) is 61.4 Å². The number of piperidine rings is 1. The molecule has 3 aliphatic rings. The van der Waals surface area contributed by atoms with Crippen molar-refractivity contribution in [1.82, 2.24) is 5.32 Å². The van der Waals surface area contributed by atoms with Gasteiger partial charge in [0.15, 0.2) is 0 Å². The van der Waals surface area contributed by atoms with Gasteiger partial charge in [-0.2, -0.15) is 0 Å². The highest BCUT2D eigenvalue weighted by Crippen LogP contribution is 2.54. The second-order valence-electron chi connectivity index (χ2n) is 6.55. The topological polar surface area (TPSA) is 21.3 Å². The number of rotatable bonds is 1. The van der Waals surface area contributed by atoms with Gasteiger partial charge < -0.3 is 10.1 Å². The van der Waals surface area contributed by atoms with E-state index < -0.39 is 0 Å². The SMILES string of the molecule is COc1ccc2c(c1)C[C@H]1NCC[C@@]23CCCC[C@@H]13. The summed E-state index contributed by atoms with van der Waals surface area (Å²) in [6, 6.07) is 7.52. The normalized spacial score (nSPS) is 36.3. The Labute approximate surface area is 115 Å². The molecule has 1 aromatic carbocycles. The lowest BCUT2D eigenvalue weighted by molar-refractivity contribution is 0.0796. The zero-order chi connectivity index (χ0) is 12.9. The molecule has 0 unspecified atom stereocenters. The van der Waals surface area contributed by atoms with Gasteiger partial charge in [0.2, 0.25) is 0 Å². The summed E-state index contributed by atoms with van der Waals surface area (Å²) in [4.78, 5) is 0. The first-order valence-electron chi connectivity index (χ1n) is 7.74. The molecule has 1 saturated heterocycles. The molecular weight excluding hydrogens is 234 g/mol. The highest BCUT2D eigenvalue weighted by Gasteiger charge is 2.51. The van der Waals surface area contributed by atoms with E-state index in [0.717, 1.165) is 11.7 Å². The standard InChI is InChI=1S/C17H23NO/c1-19-13-5-6-14-12(10-13)11-16-15-4-2-3-7-17(14,15)8-9-18-16/h5-6,10,15-16,18H,2-4,7-9,11H2,1H3/t15-,16+,17-/m0/s1. The summed E-state index contributed by atoms with van der Waals surface area (Å²) in [6.45, 7) is 1.20. The number of benzene rings is 1. The summed E-state index contributed by atoms with van der Waals surface area (Å²) in [5.41, 5.74) is 3.67. The molecule has 2 nitrogen and oxygen atoms in total. The number of fused-ring (bicyclic) bond motifs is 1. The van der Waals surface area contributed by atoms with E-state index in [1.165, 1.54) is 50.6 Å². The van der Waals surface area contributed by atoms with Gasteiger partial charge in [0.05, 0.1) is 7.11 Å². The lowest BCUT2D eigenvalue weighted by Gasteiger charge is -2.56. The Morgan fingerprint density at radius 2 is 2.21 bits per heavy atom. The molecule has 1 aliphatic heterocycles. The molecule has 0 spiro atoms. The van der Waals surface area contributed by atoms with Gasteiger partial charge in [0, 0.05) is 11.5 Å². The zero-order valence-corrected chi connectivity index (χ0v) is 11.7. The molecule has 2 heteroatoms. The number of nitrogens with one attached hydrogen (secondary N) is 1. The van der Waals surface area contributed by atoms with Crippen LogP contribution < -0.4 is 10.1 Å². The van der Waals surface area contributed by atoms with Gasteiger partial charge in [-0.1, -0.05) is 18.9 Å². The molecular formula is C17H23NO. The first-order chi connectivity index (χ1) is 9.33. The minimum absolute atomic E-state index is 0.480. The van der Waals surface area contributed by atoms with Gasteiger partial charge in [0.25, 0.3) is 0 Å². The van der Waals surface area contributed by atoms with Gasteiger partial charge in [-0.3, -0.25) is 0 Å². The van der Waals surface area contributed by atoms with Crippen molar-refractivity contribution in [2.75, 3.05) is 13.7 Å². The fourth-order valence-corrected chi connectivity index (χ4v) is 5.06. The van der Waals surface area contributed by atoms with Crippen LogP contribution in [0.5, 0.6) is 5.75 Å². The summed E-state index contributed by atoms with van der Waals surface area (Å²) in [7, 11) is 1.77. The van der Waals surface area contributed by atoms with Crippen molar-refractivity contribution in [2.45, 2.75) is 50.0 Å². The van der Waals surface area contributed by atoms with Crippen molar-refractivity contribution in [1.29, 1.82) is 0 Å². The predicted molar refractivity (Wildman–Crippen MR) is 76.7 cm³/mol. The Balaban J connectivity index is 1.86. The Morgan fingerprint density at radius 1 is 1.26 bits per heavy atom. The number of ether oxygens (including phenoxy) is 1. The molecule has 0 radical (unpaired) electrons. The maximum atomic E-state index is 5.42. The molecule has 1 N–H and O–H groups in total. The van der Waals surface area contributed by atoms with Crippen LogP contribution in [0.15, 0.2) is 18.2 Å². The van der Waals surface area contributed by atoms with E-state index in [4.69, 9.17) is 4.74 Å². The minimum atomic E-state index is 0.480. The summed E-state index contributed by atoms with van der Waals surface area (Å²) in [6.07, 6.45) is 8.18. The van der Waals surface area contributed by atoms with Crippen LogP contribution in [0.2, 0.25) is 0 Å². The van der Waals surface area contributed by atoms with Crippen LogP contribution in [0.1, 0.15) is 43.2 Å². The molecule has 19 heavy (non-hydrogen) atoms. The first kappa shape index (κ1) is 11.8. The third-order valence-corrected chi connectivity index (χ3v) is 5.85. The summed E-state index contributed by atoms with van der Waals surface area (Å²) < 4.78 is 5.42. The smallest absolute Gasteiger partial charge is 0.119 e. The maximum Gasteiger partial charge on any atom is 0.119 e. The van der Waals surface area contributed by atoms with E-state index in [0.29, 0.717) is 11.5 Å². The van der Waals surface area contributed by atoms with E-state index >= 15 is 0 Å². The highest BCUT2D eigenvalue weighted by atomic mass is 16.5. The second kappa shape index (κ2) is 4.24. The Morgan fingerprint density at radius 3 is 3.11 bits per heavy atom. The van der Waals surface area contributed by atoms with Crippen LogP contribution in [0, 0.1) is 5.92 Å². The molecule has 4 rings (SSSR count). The van der Waals surface area contributed by atoms with Crippen molar-refractivity contribution < 1.29 is 4.74 Å². The van der Waals surface area contributed by atoms with E-state index in [1.54, 1.807) is 12.7 Å². The molecule has 102 valence electrons. The fourth-order valence-electron chi connectivity index (χ4n) is 5.06.